The third-order valence-corrected chi connectivity index (χ3v) is 3.50. The van der Waals surface area contributed by atoms with Crippen molar-refractivity contribution in [3.8, 4) is 12.3 Å². The Hall–Kier alpha value is -0.520. The Bertz CT molecular complexity index is 211. The number of nitrogens with zero attached hydrogens (tertiary/aromatic N) is 1. The summed E-state index contributed by atoms with van der Waals surface area (Å²) < 4.78 is 0. The van der Waals surface area contributed by atoms with E-state index in [1.165, 1.54) is 32.1 Å². The second-order valence-corrected chi connectivity index (χ2v) is 4.82. The fraction of sp³-hybridized carbons (Fsp3) is 0.857. The van der Waals surface area contributed by atoms with Crippen LogP contribution in [0.2, 0.25) is 0 Å². The van der Waals surface area contributed by atoms with Crippen molar-refractivity contribution in [3.05, 3.63) is 0 Å². The molecule has 0 aromatic heterocycles. The summed E-state index contributed by atoms with van der Waals surface area (Å²) in [6.07, 6.45) is 11.7. The molecule has 92 valence electrons. The van der Waals surface area contributed by atoms with Gasteiger partial charge in [0, 0.05) is 25.2 Å². The van der Waals surface area contributed by atoms with Crippen LogP contribution in [-0.2, 0) is 0 Å². The van der Waals surface area contributed by atoms with Crippen molar-refractivity contribution in [2.24, 2.45) is 0 Å². The number of terminal acetylenes is 1. The van der Waals surface area contributed by atoms with Gasteiger partial charge in [-0.2, -0.15) is 0 Å². The molecule has 1 heterocycles. The normalized spacial score (nSPS) is 20.6. The maximum Gasteiger partial charge on any atom is 0.0598 e. The minimum Gasteiger partial charge on any atom is -0.311 e. The van der Waals surface area contributed by atoms with Gasteiger partial charge in [0.2, 0.25) is 0 Å². The highest BCUT2D eigenvalue weighted by molar-refractivity contribution is 4.90. The van der Waals surface area contributed by atoms with Crippen molar-refractivity contribution in [2.75, 3.05) is 19.6 Å². The first-order valence-corrected chi connectivity index (χ1v) is 6.72. The van der Waals surface area contributed by atoms with Gasteiger partial charge in [0.15, 0.2) is 0 Å². The van der Waals surface area contributed by atoms with E-state index < -0.39 is 0 Å². The van der Waals surface area contributed by atoms with Gasteiger partial charge in [-0.3, -0.25) is 4.90 Å². The van der Waals surface area contributed by atoms with Crippen LogP contribution in [0.25, 0.3) is 0 Å². The summed E-state index contributed by atoms with van der Waals surface area (Å²) >= 11 is 0. The zero-order valence-corrected chi connectivity index (χ0v) is 10.8. The number of nitrogens with one attached hydrogen (secondary N) is 1. The monoisotopic (exact) mass is 222 g/mol. The van der Waals surface area contributed by atoms with Gasteiger partial charge in [-0.1, -0.05) is 26.2 Å². The van der Waals surface area contributed by atoms with Gasteiger partial charge < -0.3 is 5.32 Å². The zero-order chi connectivity index (χ0) is 11.8. The Morgan fingerprint density at radius 2 is 2.06 bits per heavy atom. The first-order valence-electron chi connectivity index (χ1n) is 6.72. The number of likely N-dealkylation sites (tertiary alicyclic amines) is 1. The predicted octanol–water partition coefficient (Wildman–Crippen LogP) is 2.25. The van der Waals surface area contributed by atoms with Crippen LogP contribution in [0.5, 0.6) is 0 Å². The summed E-state index contributed by atoms with van der Waals surface area (Å²) in [5.74, 6) is 2.73. The number of hydrogen-bond acceptors (Lipinski definition) is 2. The van der Waals surface area contributed by atoms with E-state index in [4.69, 9.17) is 6.42 Å². The van der Waals surface area contributed by atoms with E-state index in [1.54, 1.807) is 0 Å². The first kappa shape index (κ1) is 13.5. The fourth-order valence-electron chi connectivity index (χ4n) is 2.47. The molecular formula is C14H26N2. The lowest BCUT2D eigenvalue weighted by atomic mass is 10.0. The minimum atomic E-state index is 0.713. The highest BCUT2D eigenvalue weighted by Gasteiger charge is 2.20. The molecule has 0 spiro atoms. The van der Waals surface area contributed by atoms with E-state index in [0.29, 0.717) is 12.1 Å². The topological polar surface area (TPSA) is 15.3 Å². The average Bonchev–Trinajstić information content (AvgIpc) is 2.31. The Morgan fingerprint density at radius 3 is 2.56 bits per heavy atom. The van der Waals surface area contributed by atoms with E-state index in [-0.39, 0.29) is 0 Å². The molecule has 1 N–H and O–H groups in total. The van der Waals surface area contributed by atoms with Crippen LogP contribution in [0.15, 0.2) is 0 Å². The van der Waals surface area contributed by atoms with Gasteiger partial charge in [0.1, 0.15) is 0 Å². The number of hydrogen-bond donors (Lipinski definition) is 1. The summed E-state index contributed by atoms with van der Waals surface area (Å²) in [5, 5.41) is 3.79. The summed E-state index contributed by atoms with van der Waals surface area (Å²) in [7, 11) is 0. The zero-order valence-electron chi connectivity index (χ0n) is 10.8. The standard InChI is InChI=1S/C14H26N2/c1-4-7-13(6-3)15-14-8-11-16(10-5-2)12-9-14/h2,13-15H,4,6-12H2,1,3H3. The van der Waals surface area contributed by atoms with E-state index in [1.807, 2.05) is 0 Å². The number of piperidine rings is 1. The Morgan fingerprint density at radius 1 is 1.38 bits per heavy atom. The highest BCUT2D eigenvalue weighted by Crippen LogP contribution is 2.12. The Balaban J connectivity index is 2.23. The molecule has 2 nitrogen and oxygen atoms in total. The van der Waals surface area contributed by atoms with Gasteiger partial charge in [-0.25, -0.2) is 0 Å². The SMILES string of the molecule is C#CCN1CCC(NC(CC)CCC)CC1. The van der Waals surface area contributed by atoms with Gasteiger partial charge in [-0.15, -0.1) is 6.42 Å². The van der Waals surface area contributed by atoms with Crippen LogP contribution in [-0.4, -0.2) is 36.6 Å². The first-order chi connectivity index (χ1) is 7.80. The van der Waals surface area contributed by atoms with Crippen molar-refractivity contribution in [1.29, 1.82) is 0 Å². The molecule has 0 aromatic carbocycles. The molecule has 0 aromatic rings. The smallest absolute Gasteiger partial charge is 0.0598 e. The average molecular weight is 222 g/mol. The third kappa shape index (κ3) is 4.55. The Kier molecular flexibility index (Phi) is 6.52. The maximum atomic E-state index is 5.33. The molecule has 1 unspecified atom stereocenters. The van der Waals surface area contributed by atoms with Crippen LogP contribution in [0.3, 0.4) is 0 Å². The minimum absolute atomic E-state index is 0.713. The quantitative estimate of drug-likeness (QED) is 0.694. The predicted molar refractivity (Wildman–Crippen MR) is 70.4 cm³/mol. The molecule has 16 heavy (non-hydrogen) atoms. The lowest BCUT2D eigenvalue weighted by molar-refractivity contribution is 0.206. The van der Waals surface area contributed by atoms with E-state index >= 15 is 0 Å². The van der Waals surface area contributed by atoms with Crippen LogP contribution < -0.4 is 5.32 Å². The molecule has 0 radical (unpaired) electrons. The Labute approximate surface area is 101 Å². The molecule has 0 bridgehead atoms. The summed E-state index contributed by atoms with van der Waals surface area (Å²) in [6.45, 7) is 7.68. The van der Waals surface area contributed by atoms with Crippen molar-refractivity contribution in [3.63, 3.8) is 0 Å². The second-order valence-electron chi connectivity index (χ2n) is 4.82. The molecule has 1 aliphatic rings. The van der Waals surface area contributed by atoms with Gasteiger partial charge >= 0.3 is 0 Å². The summed E-state index contributed by atoms with van der Waals surface area (Å²) in [5.41, 5.74) is 0. The summed E-state index contributed by atoms with van der Waals surface area (Å²) in [6, 6.07) is 1.43. The van der Waals surface area contributed by atoms with Gasteiger partial charge in [0.05, 0.1) is 6.54 Å². The van der Waals surface area contributed by atoms with Crippen molar-refractivity contribution >= 4 is 0 Å². The fourth-order valence-corrected chi connectivity index (χ4v) is 2.47. The van der Waals surface area contributed by atoms with Crippen LogP contribution in [0.1, 0.15) is 46.0 Å². The van der Waals surface area contributed by atoms with Crippen molar-refractivity contribution < 1.29 is 0 Å². The molecule has 2 heteroatoms. The van der Waals surface area contributed by atoms with Crippen molar-refractivity contribution in [1.82, 2.24) is 10.2 Å². The third-order valence-electron chi connectivity index (χ3n) is 3.50. The molecule has 0 amide bonds. The molecule has 1 fully saturated rings. The molecule has 0 saturated carbocycles. The van der Waals surface area contributed by atoms with Crippen LogP contribution in [0.4, 0.5) is 0 Å². The molecular weight excluding hydrogens is 196 g/mol. The van der Waals surface area contributed by atoms with Crippen LogP contribution in [0, 0.1) is 12.3 Å². The molecule has 1 atom stereocenters. The lowest BCUT2D eigenvalue weighted by Crippen LogP contribution is -2.46. The number of rotatable bonds is 6. The van der Waals surface area contributed by atoms with Crippen LogP contribution >= 0.6 is 0 Å². The van der Waals surface area contributed by atoms with Crippen molar-refractivity contribution in [2.45, 2.75) is 58.0 Å². The maximum absolute atomic E-state index is 5.33. The lowest BCUT2D eigenvalue weighted by Gasteiger charge is -2.33. The van der Waals surface area contributed by atoms with E-state index in [9.17, 15) is 0 Å². The largest absolute Gasteiger partial charge is 0.311 e. The molecule has 1 saturated heterocycles. The van der Waals surface area contributed by atoms with E-state index in [2.05, 4.69) is 30.0 Å². The van der Waals surface area contributed by atoms with E-state index in [0.717, 1.165) is 19.6 Å². The molecule has 1 aliphatic heterocycles. The molecule has 0 aliphatic carbocycles. The summed E-state index contributed by atoms with van der Waals surface area (Å²) in [4.78, 5) is 2.37. The molecule has 1 rings (SSSR count). The second kappa shape index (κ2) is 7.70. The highest BCUT2D eigenvalue weighted by atomic mass is 15.1. The van der Waals surface area contributed by atoms with Gasteiger partial charge in [-0.05, 0) is 25.7 Å². The van der Waals surface area contributed by atoms with Gasteiger partial charge in [0.25, 0.3) is 0 Å².